The summed E-state index contributed by atoms with van der Waals surface area (Å²) >= 11 is 0. The van der Waals surface area contributed by atoms with Crippen LogP contribution in [0, 0.1) is 0 Å². The van der Waals surface area contributed by atoms with E-state index in [2.05, 4.69) is 4.18 Å². The van der Waals surface area contributed by atoms with Crippen LogP contribution in [-0.4, -0.2) is 29.5 Å². The van der Waals surface area contributed by atoms with Crippen LogP contribution < -0.4 is 4.13 Å². The lowest BCUT2D eigenvalue weighted by molar-refractivity contribution is -0.0442. The van der Waals surface area contributed by atoms with Gasteiger partial charge in [0.15, 0.2) is 0 Å². The second-order valence-corrected chi connectivity index (χ2v) is 5.03. The van der Waals surface area contributed by atoms with Crippen LogP contribution in [0.25, 0.3) is 0 Å². The van der Waals surface area contributed by atoms with Gasteiger partial charge in [-0.1, -0.05) is 4.13 Å². The molecular weight excluding hydrogens is 239 g/mol. The third-order valence-corrected chi connectivity index (χ3v) is 3.48. The molecule has 0 aromatic rings. The summed E-state index contributed by atoms with van der Waals surface area (Å²) in [7, 11) is -10.3. The van der Waals surface area contributed by atoms with E-state index in [0.717, 1.165) is 0 Å². The summed E-state index contributed by atoms with van der Waals surface area (Å²) in [5, 5.41) is 0. The molecule has 1 N–H and O–H groups in total. The zero-order valence-electron chi connectivity index (χ0n) is 5.99. The lowest BCUT2D eigenvalue weighted by Gasteiger charge is -2.07. The first-order valence-electron chi connectivity index (χ1n) is 2.42. The van der Waals surface area contributed by atoms with Crippen molar-refractivity contribution in [3.63, 3.8) is 0 Å². The summed E-state index contributed by atoms with van der Waals surface area (Å²) in [4.78, 5) is 0. The molecule has 0 atom stereocenters. The lowest BCUT2D eigenvalue weighted by atomic mass is 11.6. The number of rotatable bonds is 3. The van der Waals surface area contributed by atoms with Crippen molar-refractivity contribution in [2.75, 3.05) is 7.11 Å². The quantitative estimate of drug-likeness (QED) is 0.709. The Kier molecular flexibility index (Phi) is 3.30. The van der Waals surface area contributed by atoms with Crippen molar-refractivity contribution in [1.82, 2.24) is 4.13 Å². The minimum Gasteiger partial charge on any atom is -0.261 e. The Labute approximate surface area is 72.0 Å². The van der Waals surface area contributed by atoms with Crippen LogP contribution in [0.15, 0.2) is 0 Å². The number of halogens is 3. The van der Waals surface area contributed by atoms with Gasteiger partial charge >= 0.3 is 25.8 Å². The molecule has 0 saturated heterocycles. The van der Waals surface area contributed by atoms with Crippen LogP contribution in [0.3, 0.4) is 0 Å². The Balaban J connectivity index is 4.97. The van der Waals surface area contributed by atoms with Crippen molar-refractivity contribution in [2.24, 2.45) is 0 Å². The van der Waals surface area contributed by atoms with Crippen LogP contribution >= 0.6 is 0 Å². The van der Waals surface area contributed by atoms with Gasteiger partial charge in [0.25, 0.3) is 0 Å². The van der Waals surface area contributed by atoms with Gasteiger partial charge in [0, 0.05) is 0 Å². The normalized spacial score (nSPS) is 14.5. The molecule has 0 aliphatic carbocycles. The van der Waals surface area contributed by atoms with Crippen LogP contribution in [0.2, 0.25) is 0 Å². The number of alkyl halides is 3. The minimum absolute atomic E-state index is 0.319. The highest BCUT2D eigenvalue weighted by Crippen LogP contribution is 2.22. The number of sulfonamides is 1. The second kappa shape index (κ2) is 3.40. The van der Waals surface area contributed by atoms with E-state index in [4.69, 9.17) is 0 Å². The molecular formula is C2H4F3NO5S2. The van der Waals surface area contributed by atoms with Crippen LogP contribution in [-0.2, 0) is 24.5 Å². The molecule has 0 aliphatic rings. The molecule has 6 nitrogen and oxygen atoms in total. The molecule has 13 heavy (non-hydrogen) atoms. The van der Waals surface area contributed by atoms with E-state index < -0.39 is 25.8 Å². The zero-order valence-corrected chi connectivity index (χ0v) is 7.62. The average molecular weight is 243 g/mol. The first-order valence-corrected chi connectivity index (χ1v) is 5.31. The maximum atomic E-state index is 11.5. The predicted octanol–water partition coefficient (Wildman–Crippen LogP) is -0.683. The van der Waals surface area contributed by atoms with Gasteiger partial charge < -0.3 is 0 Å². The SMILES string of the molecule is COS(=O)(=O)NS(=O)(=O)C(F)(F)F. The van der Waals surface area contributed by atoms with E-state index in [1.807, 2.05) is 0 Å². The summed E-state index contributed by atoms with van der Waals surface area (Å²) in [5.41, 5.74) is -5.70. The highest BCUT2D eigenvalue weighted by molar-refractivity contribution is 8.03. The highest BCUT2D eigenvalue weighted by Gasteiger charge is 2.48. The van der Waals surface area contributed by atoms with Crippen LogP contribution in [0.5, 0.6) is 0 Å². The minimum atomic E-state index is -5.93. The topological polar surface area (TPSA) is 89.5 Å². The van der Waals surface area contributed by atoms with Gasteiger partial charge in [0.05, 0.1) is 7.11 Å². The van der Waals surface area contributed by atoms with E-state index in [1.54, 1.807) is 0 Å². The molecule has 0 aromatic heterocycles. The molecule has 80 valence electrons. The first-order chi connectivity index (χ1) is 5.52. The van der Waals surface area contributed by atoms with E-state index in [-0.39, 0.29) is 0 Å². The van der Waals surface area contributed by atoms with Crippen molar-refractivity contribution < 1.29 is 34.2 Å². The fourth-order valence-electron chi connectivity index (χ4n) is 0.216. The molecule has 0 fully saturated rings. The smallest absolute Gasteiger partial charge is 0.261 e. The Hall–Kier alpha value is -0.390. The fraction of sp³-hybridized carbons (Fsp3) is 1.00. The number of hydrogen-bond donors (Lipinski definition) is 1. The molecule has 0 spiro atoms. The molecule has 0 unspecified atom stereocenters. The maximum Gasteiger partial charge on any atom is 0.512 e. The van der Waals surface area contributed by atoms with Gasteiger partial charge in [-0.15, -0.1) is 0 Å². The Morgan fingerprint density at radius 3 is 1.77 bits per heavy atom. The van der Waals surface area contributed by atoms with Gasteiger partial charge in [-0.05, 0) is 0 Å². The molecule has 0 amide bonds. The fourth-order valence-corrected chi connectivity index (χ4v) is 1.94. The molecule has 0 radical (unpaired) electrons. The Bertz CT molecular complexity index is 365. The van der Waals surface area contributed by atoms with Crippen LogP contribution in [0.1, 0.15) is 0 Å². The van der Waals surface area contributed by atoms with E-state index in [9.17, 15) is 30.0 Å². The van der Waals surface area contributed by atoms with E-state index in [1.165, 1.54) is 0 Å². The summed E-state index contributed by atoms with van der Waals surface area (Å²) in [6.45, 7) is 0. The molecule has 0 rings (SSSR count). The molecule has 11 heteroatoms. The highest BCUT2D eigenvalue weighted by atomic mass is 32.3. The Morgan fingerprint density at radius 2 is 1.54 bits per heavy atom. The average Bonchev–Trinajstić information content (AvgIpc) is 1.83. The standard InChI is InChI=1S/C2H4F3NO5S2/c1-11-13(9,10)6-12(7,8)2(3,4)5/h6H,1H3. The predicted molar refractivity (Wildman–Crippen MR) is 34.0 cm³/mol. The zero-order chi connectivity index (χ0) is 10.9. The van der Waals surface area contributed by atoms with Gasteiger partial charge in [-0.25, -0.2) is 8.42 Å². The van der Waals surface area contributed by atoms with Gasteiger partial charge in [-0.3, -0.25) is 4.18 Å². The largest absolute Gasteiger partial charge is 0.512 e. The van der Waals surface area contributed by atoms with Gasteiger partial charge in [-0.2, -0.15) is 21.6 Å². The summed E-state index contributed by atoms with van der Waals surface area (Å²) in [6.07, 6.45) is 0. The third-order valence-electron chi connectivity index (χ3n) is 0.736. The van der Waals surface area contributed by atoms with Gasteiger partial charge in [0.2, 0.25) is 0 Å². The molecule has 0 aromatic carbocycles. The monoisotopic (exact) mass is 243 g/mol. The van der Waals surface area contributed by atoms with Crippen molar-refractivity contribution in [3.05, 3.63) is 0 Å². The van der Waals surface area contributed by atoms with Crippen LogP contribution in [0.4, 0.5) is 13.2 Å². The Morgan fingerprint density at radius 1 is 1.15 bits per heavy atom. The van der Waals surface area contributed by atoms with Crippen molar-refractivity contribution in [2.45, 2.75) is 5.51 Å². The summed E-state index contributed by atoms with van der Waals surface area (Å²) in [6, 6.07) is 0. The lowest BCUT2D eigenvalue weighted by Crippen LogP contribution is -2.40. The maximum absolute atomic E-state index is 11.5. The van der Waals surface area contributed by atoms with Crippen molar-refractivity contribution in [3.8, 4) is 0 Å². The molecule has 0 bridgehead atoms. The third kappa shape index (κ3) is 3.46. The van der Waals surface area contributed by atoms with E-state index >= 15 is 0 Å². The summed E-state index contributed by atoms with van der Waals surface area (Å²) in [5.74, 6) is 0. The number of nitrogens with one attached hydrogen (secondary N) is 1. The molecule has 0 aliphatic heterocycles. The molecule has 0 saturated carbocycles. The summed E-state index contributed by atoms with van der Waals surface area (Å²) < 4.78 is 79.1. The van der Waals surface area contributed by atoms with Crippen molar-refractivity contribution in [1.29, 1.82) is 0 Å². The van der Waals surface area contributed by atoms with E-state index in [0.29, 0.717) is 11.2 Å². The van der Waals surface area contributed by atoms with Gasteiger partial charge in [0.1, 0.15) is 0 Å². The molecule has 0 heterocycles. The van der Waals surface area contributed by atoms with Crippen molar-refractivity contribution >= 4 is 20.3 Å². The second-order valence-electron chi connectivity index (χ2n) is 1.65. The number of hydrogen-bond acceptors (Lipinski definition) is 5. The first kappa shape index (κ1) is 12.6.